The van der Waals surface area contributed by atoms with Gasteiger partial charge in [-0.05, 0) is 19.4 Å². The molecule has 3 aliphatic rings. The fourth-order valence-corrected chi connectivity index (χ4v) is 4.76. The van der Waals surface area contributed by atoms with Crippen LogP contribution in [-0.2, 0) is 20.8 Å². The van der Waals surface area contributed by atoms with E-state index in [0.717, 1.165) is 0 Å². The van der Waals surface area contributed by atoms with Crippen molar-refractivity contribution in [2.75, 3.05) is 20.3 Å². The average Bonchev–Trinajstić information content (AvgIpc) is 3.22. The molecule has 0 unspecified atom stereocenters. The number of phenolic OH excluding ortho intramolecular Hbond substituents is 2. The van der Waals surface area contributed by atoms with Crippen LogP contribution in [0.15, 0.2) is 0 Å². The number of aliphatic hydroxyl groups excluding tert-OH is 3. The van der Waals surface area contributed by atoms with Gasteiger partial charge in [0.05, 0.1) is 19.3 Å². The number of carbonyl (C=O) groups is 2. The van der Waals surface area contributed by atoms with Crippen LogP contribution < -0.4 is 4.74 Å². The lowest BCUT2D eigenvalue weighted by Gasteiger charge is -2.45. The maximum Gasteiger partial charge on any atom is 0.339 e. The number of rotatable bonds is 5. The maximum atomic E-state index is 12.9. The van der Waals surface area contributed by atoms with Crippen LogP contribution in [0.5, 0.6) is 17.2 Å². The Bertz CT molecular complexity index is 935. The first-order valence-corrected chi connectivity index (χ1v) is 10.2. The van der Waals surface area contributed by atoms with Crippen molar-refractivity contribution >= 4 is 11.9 Å². The number of carboxylic acid groups (broad SMARTS) is 1. The number of nitrogens with zero attached hydrogens (tertiary/aromatic N) is 1. The van der Waals surface area contributed by atoms with E-state index in [1.54, 1.807) is 4.90 Å². The number of aliphatic hydroxyl groups is 3. The summed E-state index contributed by atoms with van der Waals surface area (Å²) >= 11 is 0. The molecule has 0 spiro atoms. The van der Waals surface area contributed by atoms with Crippen LogP contribution >= 0.6 is 0 Å². The summed E-state index contributed by atoms with van der Waals surface area (Å²) in [4.78, 5) is 26.1. The van der Waals surface area contributed by atoms with Crippen LogP contribution in [-0.4, -0.2) is 98.2 Å². The van der Waals surface area contributed by atoms with Gasteiger partial charge >= 0.3 is 11.9 Å². The molecule has 3 heterocycles. The Morgan fingerprint density at radius 2 is 1.94 bits per heavy atom. The molecule has 0 amide bonds. The second kappa shape index (κ2) is 8.37. The van der Waals surface area contributed by atoms with Crippen molar-refractivity contribution in [3.05, 3.63) is 16.7 Å². The van der Waals surface area contributed by atoms with Gasteiger partial charge < -0.3 is 44.8 Å². The molecule has 3 aliphatic heterocycles. The van der Waals surface area contributed by atoms with Gasteiger partial charge in [-0.3, -0.25) is 9.69 Å². The molecule has 0 bridgehead atoms. The van der Waals surface area contributed by atoms with Crippen LogP contribution in [0.2, 0.25) is 0 Å². The molecule has 12 nitrogen and oxygen atoms in total. The third kappa shape index (κ3) is 3.35. The second-order valence-electron chi connectivity index (χ2n) is 8.09. The molecule has 12 heteroatoms. The predicted octanol–water partition coefficient (Wildman–Crippen LogP) is -1.15. The number of esters is 1. The molecule has 2 fully saturated rings. The summed E-state index contributed by atoms with van der Waals surface area (Å²) in [5, 5.41) is 61.2. The number of phenols is 2. The highest BCUT2D eigenvalue weighted by Gasteiger charge is 2.53. The van der Waals surface area contributed by atoms with Gasteiger partial charge in [0.15, 0.2) is 17.6 Å². The highest BCUT2D eigenvalue weighted by molar-refractivity contribution is 5.97. The monoisotopic (exact) mass is 455 g/mol. The van der Waals surface area contributed by atoms with E-state index in [9.17, 15) is 40.2 Å². The summed E-state index contributed by atoms with van der Waals surface area (Å²) in [7, 11) is 1.19. The Kier molecular flexibility index (Phi) is 5.90. The quantitative estimate of drug-likeness (QED) is 0.293. The minimum Gasteiger partial charge on any atom is -0.504 e. The number of fused-ring (bicyclic) bond motifs is 3. The Morgan fingerprint density at radius 3 is 2.56 bits per heavy atom. The van der Waals surface area contributed by atoms with Crippen LogP contribution in [0.4, 0.5) is 0 Å². The molecular formula is C20H25NO11. The lowest BCUT2D eigenvalue weighted by atomic mass is 9.84. The summed E-state index contributed by atoms with van der Waals surface area (Å²) in [6, 6.07) is -0.820. The van der Waals surface area contributed by atoms with Crippen molar-refractivity contribution in [3.63, 3.8) is 0 Å². The van der Waals surface area contributed by atoms with Gasteiger partial charge in [-0.15, -0.1) is 0 Å². The molecule has 6 N–H and O–H groups in total. The number of aromatic hydroxyl groups is 2. The average molecular weight is 455 g/mol. The second-order valence-corrected chi connectivity index (χ2v) is 8.09. The minimum atomic E-state index is -1.61. The van der Waals surface area contributed by atoms with Crippen molar-refractivity contribution < 1.29 is 54.4 Å². The first-order chi connectivity index (χ1) is 15.2. The molecule has 1 aromatic rings. The van der Waals surface area contributed by atoms with E-state index in [-0.39, 0.29) is 29.0 Å². The topological polar surface area (TPSA) is 186 Å². The molecule has 0 aromatic heterocycles. The first-order valence-electron chi connectivity index (χ1n) is 10.2. The molecule has 0 radical (unpaired) electrons. The van der Waals surface area contributed by atoms with Gasteiger partial charge in [-0.1, -0.05) is 0 Å². The fraction of sp³-hybridized carbons (Fsp3) is 0.600. The van der Waals surface area contributed by atoms with Gasteiger partial charge in [0.25, 0.3) is 0 Å². The number of carbonyl (C=O) groups excluding carboxylic acids is 1. The van der Waals surface area contributed by atoms with E-state index in [1.165, 1.54) is 7.11 Å². The van der Waals surface area contributed by atoms with Gasteiger partial charge in [0.1, 0.15) is 30.5 Å². The van der Waals surface area contributed by atoms with Gasteiger partial charge in [0, 0.05) is 17.7 Å². The number of hydrogen-bond donors (Lipinski definition) is 6. The summed E-state index contributed by atoms with van der Waals surface area (Å²) in [5.74, 6) is -3.56. The lowest BCUT2D eigenvalue weighted by Crippen LogP contribution is -2.58. The van der Waals surface area contributed by atoms with Crippen molar-refractivity contribution in [2.45, 2.75) is 55.9 Å². The van der Waals surface area contributed by atoms with E-state index >= 15 is 0 Å². The summed E-state index contributed by atoms with van der Waals surface area (Å²) < 4.78 is 16.1. The largest absolute Gasteiger partial charge is 0.504 e. The van der Waals surface area contributed by atoms with E-state index in [4.69, 9.17) is 14.2 Å². The SMILES string of the molecule is COc1c(O)c(CN2CCC[C@H]2C(=O)O)c2c(c1O)[C@@H]1O[C@H](CO)[C@@H](O)[C@H](O)[C@H]1OC2=O. The zero-order valence-electron chi connectivity index (χ0n) is 17.2. The van der Waals surface area contributed by atoms with Crippen LogP contribution in [0, 0.1) is 0 Å². The molecule has 32 heavy (non-hydrogen) atoms. The van der Waals surface area contributed by atoms with E-state index in [2.05, 4.69) is 0 Å². The van der Waals surface area contributed by atoms with Gasteiger partial charge in [-0.25, -0.2) is 4.79 Å². The molecule has 1 aromatic carbocycles. The molecule has 6 atom stereocenters. The fourth-order valence-electron chi connectivity index (χ4n) is 4.76. The number of likely N-dealkylation sites (tertiary alicyclic amines) is 1. The standard InChI is InChI=1S/C20H25NO11/c1-30-17-12(23)7(5-21-4-2-3-8(21)19(27)28)10-11(14(17)25)16-18(32-20(10)29)15(26)13(24)9(6-22)31-16/h8-9,13,15-16,18,22-26H,2-6H2,1H3,(H,27,28)/t8-,9+,13+,15-,16-,18+/m0/s1. The van der Waals surface area contributed by atoms with Crippen LogP contribution in [0.3, 0.4) is 0 Å². The van der Waals surface area contributed by atoms with E-state index < -0.39 is 66.6 Å². The molecule has 0 aliphatic carbocycles. The normalized spacial score (nSPS) is 32.2. The zero-order valence-corrected chi connectivity index (χ0v) is 17.2. The van der Waals surface area contributed by atoms with Crippen molar-refractivity contribution in [2.24, 2.45) is 0 Å². The maximum absolute atomic E-state index is 12.9. The summed E-state index contributed by atoms with van der Waals surface area (Å²) in [6.45, 7) is -0.395. The highest BCUT2D eigenvalue weighted by Crippen LogP contribution is 2.52. The first kappa shape index (κ1) is 22.6. The number of aliphatic carboxylic acids is 1. The van der Waals surface area contributed by atoms with Gasteiger partial charge in [0.2, 0.25) is 5.75 Å². The number of hydrogen-bond acceptors (Lipinski definition) is 11. The Balaban J connectivity index is 1.86. The summed E-state index contributed by atoms with van der Waals surface area (Å²) in [6.07, 6.45) is -6.05. The smallest absolute Gasteiger partial charge is 0.339 e. The highest BCUT2D eigenvalue weighted by atomic mass is 16.6. The third-order valence-corrected chi connectivity index (χ3v) is 6.36. The molecular weight excluding hydrogens is 430 g/mol. The number of benzene rings is 1. The molecule has 2 saturated heterocycles. The Morgan fingerprint density at radius 1 is 1.22 bits per heavy atom. The number of carboxylic acids is 1. The molecule has 0 saturated carbocycles. The molecule has 4 rings (SSSR count). The zero-order chi connectivity index (χ0) is 23.3. The third-order valence-electron chi connectivity index (χ3n) is 6.36. The van der Waals surface area contributed by atoms with Crippen LogP contribution in [0.1, 0.15) is 40.4 Å². The lowest BCUT2D eigenvalue weighted by molar-refractivity contribution is -0.235. The summed E-state index contributed by atoms with van der Waals surface area (Å²) in [5.41, 5.74) is -0.388. The minimum absolute atomic E-state index is 0.0176. The molecule has 176 valence electrons. The van der Waals surface area contributed by atoms with Gasteiger partial charge in [-0.2, -0.15) is 0 Å². The van der Waals surface area contributed by atoms with E-state index in [1.807, 2.05) is 0 Å². The van der Waals surface area contributed by atoms with E-state index in [0.29, 0.717) is 19.4 Å². The van der Waals surface area contributed by atoms with Crippen LogP contribution in [0.25, 0.3) is 0 Å². The number of methoxy groups -OCH3 is 1. The Hall–Kier alpha value is -2.64. The predicted molar refractivity (Wildman–Crippen MR) is 103 cm³/mol. The number of ether oxygens (including phenoxy) is 3. The van der Waals surface area contributed by atoms with Crippen molar-refractivity contribution in [1.82, 2.24) is 4.90 Å². The Labute approximate surface area is 182 Å². The van der Waals surface area contributed by atoms with Crippen molar-refractivity contribution in [3.8, 4) is 17.2 Å². The van der Waals surface area contributed by atoms with Crippen molar-refractivity contribution in [1.29, 1.82) is 0 Å².